The maximum atomic E-state index is 4.59. The first kappa shape index (κ1) is 14.2. The molecule has 5 heteroatoms. The van der Waals surface area contributed by atoms with Gasteiger partial charge in [-0.15, -0.1) is 11.3 Å². The summed E-state index contributed by atoms with van der Waals surface area (Å²) in [5.74, 6) is 0. The van der Waals surface area contributed by atoms with Crippen molar-refractivity contribution in [2.75, 3.05) is 0 Å². The Morgan fingerprint density at radius 3 is 2.74 bits per heavy atom. The van der Waals surface area contributed by atoms with Gasteiger partial charge in [0.15, 0.2) is 0 Å². The van der Waals surface area contributed by atoms with Crippen LogP contribution in [0.3, 0.4) is 0 Å². The summed E-state index contributed by atoms with van der Waals surface area (Å²) in [6.07, 6.45) is 3.95. The van der Waals surface area contributed by atoms with E-state index < -0.39 is 0 Å². The molecule has 2 heterocycles. The van der Waals surface area contributed by atoms with Crippen molar-refractivity contribution in [2.24, 2.45) is 7.05 Å². The summed E-state index contributed by atoms with van der Waals surface area (Å²) in [6, 6.07) is 0.271. The fourth-order valence-electron chi connectivity index (χ4n) is 2.10. The van der Waals surface area contributed by atoms with E-state index in [4.69, 9.17) is 0 Å². The van der Waals surface area contributed by atoms with E-state index >= 15 is 0 Å². The lowest BCUT2D eigenvalue weighted by molar-refractivity contribution is 0.530. The van der Waals surface area contributed by atoms with E-state index in [2.05, 4.69) is 49.3 Å². The molecule has 0 saturated heterocycles. The van der Waals surface area contributed by atoms with Gasteiger partial charge in [-0.1, -0.05) is 20.8 Å². The van der Waals surface area contributed by atoms with Crippen LogP contribution in [-0.4, -0.2) is 14.8 Å². The van der Waals surface area contributed by atoms with E-state index in [-0.39, 0.29) is 11.5 Å². The number of nitrogens with zero attached hydrogens (tertiary/aromatic N) is 3. The number of aryl methyl sites for hydroxylation is 1. The Balaban J connectivity index is 2.08. The molecule has 1 unspecified atom stereocenters. The highest BCUT2D eigenvalue weighted by atomic mass is 32.1. The van der Waals surface area contributed by atoms with Crippen LogP contribution in [0.1, 0.15) is 50.0 Å². The van der Waals surface area contributed by atoms with Crippen molar-refractivity contribution >= 4 is 11.3 Å². The first-order valence-electron chi connectivity index (χ1n) is 6.53. The van der Waals surface area contributed by atoms with E-state index in [0.717, 1.165) is 17.2 Å². The van der Waals surface area contributed by atoms with Crippen molar-refractivity contribution in [3.05, 3.63) is 34.0 Å². The van der Waals surface area contributed by atoms with Gasteiger partial charge in [-0.25, -0.2) is 4.98 Å². The molecule has 0 saturated carbocycles. The third kappa shape index (κ3) is 3.42. The normalized spacial score (nSPS) is 13.7. The standard InChI is InChI=1S/C14H22N4S/c1-10(13-15-6-7-19-13)16-8-11-9-18(5)17-12(11)14(2,3)4/h6-7,9-10,16H,8H2,1-5H3. The van der Waals surface area contributed by atoms with Gasteiger partial charge in [-0.2, -0.15) is 5.10 Å². The van der Waals surface area contributed by atoms with Crippen LogP contribution in [0.5, 0.6) is 0 Å². The molecule has 0 spiro atoms. The zero-order chi connectivity index (χ0) is 14.0. The molecule has 2 aromatic heterocycles. The van der Waals surface area contributed by atoms with Gasteiger partial charge in [0.2, 0.25) is 0 Å². The van der Waals surface area contributed by atoms with Crippen LogP contribution in [0, 0.1) is 0 Å². The van der Waals surface area contributed by atoms with Gasteiger partial charge in [-0.05, 0) is 6.92 Å². The van der Waals surface area contributed by atoms with Gasteiger partial charge in [0, 0.05) is 42.3 Å². The second-order valence-corrected chi connectivity index (χ2v) is 6.83. The average molecular weight is 278 g/mol. The van der Waals surface area contributed by atoms with Crippen LogP contribution in [-0.2, 0) is 19.0 Å². The Hall–Kier alpha value is -1.20. The van der Waals surface area contributed by atoms with Crippen molar-refractivity contribution < 1.29 is 0 Å². The second kappa shape index (κ2) is 5.43. The molecule has 0 amide bonds. The predicted molar refractivity (Wildman–Crippen MR) is 79.3 cm³/mol. The summed E-state index contributed by atoms with van der Waals surface area (Å²) in [5.41, 5.74) is 2.50. The summed E-state index contributed by atoms with van der Waals surface area (Å²) < 4.78 is 1.89. The molecule has 0 bridgehead atoms. The predicted octanol–water partition coefficient (Wildman–Crippen LogP) is 3.02. The van der Waals surface area contributed by atoms with E-state index in [0.29, 0.717) is 0 Å². The Kier molecular flexibility index (Phi) is 4.06. The second-order valence-electron chi connectivity index (χ2n) is 5.90. The summed E-state index contributed by atoms with van der Waals surface area (Å²) in [7, 11) is 1.98. The lowest BCUT2D eigenvalue weighted by Crippen LogP contribution is -2.21. The molecule has 0 aromatic carbocycles. The smallest absolute Gasteiger partial charge is 0.109 e. The molecule has 0 fully saturated rings. The highest BCUT2D eigenvalue weighted by Gasteiger charge is 2.22. The Morgan fingerprint density at radius 2 is 2.16 bits per heavy atom. The maximum Gasteiger partial charge on any atom is 0.109 e. The van der Waals surface area contributed by atoms with Gasteiger partial charge in [0.1, 0.15) is 5.01 Å². The van der Waals surface area contributed by atoms with E-state index in [1.165, 1.54) is 5.56 Å². The average Bonchev–Trinajstić information content (AvgIpc) is 2.93. The lowest BCUT2D eigenvalue weighted by atomic mass is 9.89. The van der Waals surface area contributed by atoms with Crippen LogP contribution in [0.25, 0.3) is 0 Å². The highest BCUT2D eigenvalue weighted by Crippen LogP contribution is 2.24. The molecule has 0 aliphatic heterocycles. The largest absolute Gasteiger partial charge is 0.304 e. The summed E-state index contributed by atoms with van der Waals surface area (Å²) in [6.45, 7) is 9.56. The van der Waals surface area contributed by atoms with Crippen LogP contribution >= 0.6 is 11.3 Å². The van der Waals surface area contributed by atoms with E-state index in [1.807, 2.05) is 23.3 Å². The van der Waals surface area contributed by atoms with Gasteiger partial charge >= 0.3 is 0 Å². The number of hydrogen-bond donors (Lipinski definition) is 1. The number of nitrogens with one attached hydrogen (secondary N) is 1. The molecule has 0 aliphatic rings. The molecular formula is C14H22N4S. The topological polar surface area (TPSA) is 42.7 Å². The molecule has 2 rings (SSSR count). The van der Waals surface area contributed by atoms with Crippen molar-refractivity contribution in [1.29, 1.82) is 0 Å². The molecule has 1 N–H and O–H groups in total. The van der Waals surface area contributed by atoms with Crippen LogP contribution in [0.2, 0.25) is 0 Å². The first-order chi connectivity index (χ1) is 8.88. The van der Waals surface area contributed by atoms with Crippen molar-refractivity contribution in [3.8, 4) is 0 Å². The minimum atomic E-state index is 0.0721. The third-order valence-corrected chi connectivity index (χ3v) is 3.99. The van der Waals surface area contributed by atoms with Gasteiger partial charge in [-0.3, -0.25) is 4.68 Å². The van der Waals surface area contributed by atoms with Crippen molar-refractivity contribution in [1.82, 2.24) is 20.1 Å². The first-order valence-corrected chi connectivity index (χ1v) is 7.41. The molecule has 19 heavy (non-hydrogen) atoms. The highest BCUT2D eigenvalue weighted by molar-refractivity contribution is 7.09. The van der Waals surface area contributed by atoms with Crippen LogP contribution in [0.4, 0.5) is 0 Å². The van der Waals surface area contributed by atoms with E-state index in [9.17, 15) is 0 Å². The zero-order valence-electron chi connectivity index (χ0n) is 12.3. The quantitative estimate of drug-likeness (QED) is 0.935. The third-order valence-electron chi connectivity index (χ3n) is 3.04. The fourth-order valence-corrected chi connectivity index (χ4v) is 2.77. The number of hydrogen-bond acceptors (Lipinski definition) is 4. The molecular weight excluding hydrogens is 256 g/mol. The number of rotatable bonds is 4. The Bertz CT molecular complexity index is 522. The molecule has 4 nitrogen and oxygen atoms in total. The van der Waals surface area contributed by atoms with Crippen LogP contribution in [0.15, 0.2) is 17.8 Å². The Morgan fingerprint density at radius 1 is 1.42 bits per heavy atom. The van der Waals surface area contributed by atoms with Gasteiger partial charge in [0.25, 0.3) is 0 Å². The number of aromatic nitrogens is 3. The molecule has 2 aromatic rings. The fraction of sp³-hybridized carbons (Fsp3) is 0.571. The van der Waals surface area contributed by atoms with Gasteiger partial charge in [0.05, 0.1) is 11.7 Å². The number of thiazole rings is 1. The molecule has 0 radical (unpaired) electrons. The summed E-state index contributed by atoms with van der Waals surface area (Å²) in [5, 5.41) is 11.2. The lowest BCUT2D eigenvalue weighted by Gasteiger charge is -2.18. The maximum absolute atomic E-state index is 4.59. The molecule has 1 atom stereocenters. The van der Waals surface area contributed by atoms with Gasteiger partial charge < -0.3 is 5.32 Å². The van der Waals surface area contributed by atoms with Crippen LogP contribution < -0.4 is 5.32 Å². The monoisotopic (exact) mass is 278 g/mol. The van der Waals surface area contributed by atoms with Crippen molar-refractivity contribution in [3.63, 3.8) is 0 Å². The summed E-state index contributed by atoms with van der Waals surface area (Å²) >= 11 is 1.69. The SMILES string of the molecule is CC(NCc1cn(C)nc1C(C)(C)C)c1nccs1. The van der Waals surface area contributed by atoms with E-state index in [1.54, 1.807) is 11.3 Å². The minimum absolute atomic E-state index is 0.0721. The molecule has 104 valence electrons. The minimum Gasteiger partial charge on any atom is -0.304 e. The van der Waals surface area contributed by atoms with Crippen molar-refractivity contribution in [2.45, 2.75) is 45.7 Å². The zero-order valence-corrected chi connectivity index (χ0v) is 13.1. The Labute approximate surface area is 118 Å². The summed E-state index contributed by atoms with van der Waals surface area (Å²) in [4.78, 5) is 4.34. The molecule has 0 aliphatic carbocycles.